The lowest BCUT2D eigenvalue weighted by atomic mass is 9.81. The minimum absolute atomic E-state index is 0.325. The van der Waals surface area contributed by atoms with E-state index in [0.717, 1.165) is 5.61 Å². The molecular formula is C13H22BNO2. The summed E-state index contributed by atoms with van der Waals surface area (Å²) in [6, 6.07) is 0. The summed E-state index contributed by atoms with van der Waals surface area (Å²) in [5.41, 5.74) is 0.161. The Hall–Kier alpha value is -0.865. The van der Waals surface area contributed by atoms with Gasteiger partial charge in [0.1, 0.15) is 0 Å². The lowest BCUT2D eigenvalue weighted by Gasteiger charge is -2.32. The summed E-state index contributed by atoms with van der Waals surface area (Å²) >= 11 is 0. The quantitative estimate of drug-likeness (QED) is 0.426. The third-order valence-electron chi connectivity index (χ3n) is 3.24. The maximum Gasteiger partial charge on any atom is 0.514 e. The summed E-state index contributed by atoms with van der Waals surface area (Å²) < 4.78 is 11.9. The molecule has 3 nitrogen and oxygen atoms in total. The van der Waals surface area contributed by atoms with Crippen molar-refractivity contribution in [2.45, 2.75) is 45.8 Å². The molecule has 0 saturated carbocycles. The number of aliphatic imine (C=N–C) groups is 1. The zero-order chi connectivity index (χ0) is 13.1. The Morgan fingerprint density at radius 3 is 2.18 bits per heavy atom. The summed E-state index contributed by atoms with van der Waals surface area (Å²) in [5, 5.41) is 0. The fourth-order valence-corrected chi connectivity index (χ4v) is 1.51. The third kappa shape index (κ3) is 3.08. The van der Waals surface area contributed by atoms with Crippen molar-refractivity contribution in [3.05, 3.63) is 24.8 Å². The van der Waals surface area contributed by atoms with Gasteiger partial charge in [-0.05, 0) is 40.7 Å². The van der Waals surface area contributed by atoms with E-state index in [1.807, 2.05) is 46.8 Å². The highest BCUT2D eigenvalue weighted by molar-refractivity contribution is 6.84. The fraction of sp³-hybridized carbons (Fsp3) is 0.615. The molecule has 1 aliphatic rings. The molecule has 0 aromatic carbocycles. The molecule has 0 bridgehead atoms. The van der Waals surface area contributed by atoms with Gasteiger partial charge in [0.25, 0.3) is 0 Å². The number of nitrogens with zero attached hydrogens (tertiary/aromatic N) is 1. The summed E-state index contributed by atoms with van der Waals surface area (Å²) in [4.78, 5) is 4.41. The van der Waals surface area contributed by atoms with Gasteiger partial charge in [0.2, 0.25) is 0 Å². The van der Waals surface area contributed by atoms with Crippen molar-refractivity contribution in [2.24, 2.45) is 4.99 Å². The monoisotopic (exact) mass is 235 g/mol. The maximum atomic E-state index is 5.94. The summed E-state index contributed by atoms with van der Waals surface area (Å²) in [7, 11) is -0.392. The second kappa shape index (κ2) is 5.19. The minimum atomic E-state index is -0.392. The van der Waals surface area contributed by atoms with Gasteiger partial charge >= 0.3 is 7.12 Å². The van der Waals surface area contributed by atoms with Gasteiger partial charge < -0.3 is 9.31 Å². The lowest BCUT2D eigenvalue weighted by Crippen LogP contribution is -2.41. The highest BCUT2D eigenvalue weighted by Gasteiger charge is 2.52. The molecule has 1 rings (SSSR count). The SMILES string of the molecule is C=CCN=C(/C=C\C)B1OC(C)(C)C(C)(C)O1. The molecule has 1 fully saturated rings. The van der Waals surface area contributed by atoms with E-state index in [1.54, 1.807) is 6.08 Å². The van der Waals surface area contributed by atoms with Crippen molar-refractivity contribution in [3.8, 4) is 0 Å². The first-order chi connectivity index (χ1) is 7.84. The highest BCUT2D eigenvalue weighted by Crippen LogP contribution is 2.37. The largest absolute Gasteiger partial charge is 0.514 e. The van der Waals surface area contributed by atoms with Crippen LogP contribution in [-0.2, 0) is 9.31 Å². The average molecular weight is 235 g/mol. The van der Waals surface area contributed by atoms with Gasteiger partial charge in [0.05, 0.1) is 23.4 Å². The van der Waals surface area contributed by atoms with E-state index >= 15 is 0 Å². The van der Waals surface area contributed by atoms with Crippen molar-refractivity contribution < 1.29 is 9.31 Å². The van der Waals surface area contributed by atoms with Gasteiger partial charge in [-0.25, -0.2) is 0 Å². The van der Waals surface area contributed by atoms with Gasteiger partial charge in [0, 0.05) is 0 Å². The van der Waals surface area contributed by atoms with E-state index in [2.05, 4.69) is 11.6 Å². The lowest BCUT2D eigenvalue weighted by molar-refractivity contribution is 0.00578. The van der Waals surface area contributed by atoms with Crippen LogP contribution in [0.3, 0.4) is 0 Å². The summed E-state index contributed by atoms with van der Waals surface area (Å²) in [6.45, 7) is 14.3. The molecule has 0 spiro atoms. The van der Waals surface area contributed by atoms with Crippen LogP contribution in [0.25, 0.3) is 0 Å². The van der Waals surface area contributed by atoms with Crippen LogP contribution in [0.15, 0.2) is 29.8 Å². The van der Waals surface area contributed by atoms with E-state index in [4.69, 9.17) is 9.31 Å². The van der Waals surface area contributed by atoms with Crippen LogP contribution < -0.4 is 0 Å². The van der Waals surface area contributed by atoms with Gasteiger partial charge in [-0.3, -0.25) is 4.99 Å². The number of hydrogen-bond acceptors (Lipinski definition) is 3. The fourth-order valence-electron chi connectivity index (χ4n) is 1.51. The molecule has 1 heterocycles. The van der Waals surface area contributed by atoms with Crippen LogP contribution in [0.5, 0.6) is 0 Å². The Balaban J connectivity index is 2.90. The molecule has 0 aromatic heterocycles. The van der Waals surface area contributed by atoms with Crippen molar-refractivity contribution in [2.75, 3.05) is 6.54 Å². The molecule has 17 heavy (non-hydrogen) atoms. The van der Waals surface area contributed by atoms with Crippen LogP contribution in [0.1, 0.15) is 34.6 Å². The van der Waals surface area contributed by atoms with Gasteiger partial charge in [-0.1, -0.05) is 12.2 Å². The number of hydrogen-bond donors (Lipinski definition) is 0. The Bertz CT molecular complexity index is 329. The first-order valence-corrected chi connectivity index (χ1v) is 5.97. The van der Waals surface area contributed by atoms with Crippen LogP contribution >= 0.6 is 0 Å². The summed E-state index contributed by atoms with van der Waals surface area (Å²) in [6.07, 6.45) is 5.62. The Morgan fingerprint density at radius 2 is 1.76 bits per heavy atom. The molecule has 0 aliphatic carbocycles. The van der Waals surface area contributed by atoms with Crippen LogP contribution in [0, 0.1) is 0 Å². The van der Waals surface area contributed by atoms with Crippen molar-refractivity contribution in [3.63, 3.8) is 0 Å². The van der Waals surface area contributed by atoms with Gasteiger partial charge in [0.15, 0.2) is 0 Å². The predicted molar refractivity (Wildman–Crippen MR) is 73.4 cm³/mol. The smallest absolute Gasteiger partial charge is 0.398 e. The van der Waals surface area contributed by atoms with Gasteiger partial charge in [-0.15, -0.1) is 6.58 Å². The van der Waals surface area contributed by atoms with Crippen molar-refractivity contribution in [1.82, 2.24) is 0 Å². The second-order valence-electron chi connectivity index (χ2n) is 5.14. The van der Waals surface area contributed by atoms with E-state index < -0.39 is 7.12 Å². The predicted octanol–water partition coefficient (Wildman–Crippen LogP) is 2.82. The molecule has 0 radical (unpaired) electrons. The maximum absolute atomic E-state index is 5.94. The highest BCUT2D eigenvalue weighted by atomic mass is 16.7. The number of allylic oxidation sites excluding steroid dienone is 2. The van der Waals surface area contributed by atoms with E-state index in [9.17, 15) is 0 Å². The van der Waals surface area contributed by atoms with E-state index in [-0.39, 0.29) is 11.2 Å². The first kappa shape index (κ1) is 14.2. The zero-order valence-electron chi connectivity index (χ0n) is 11.5. The average Bonchev–Trinajstić information content (AvgIpc) is 2.43. The normalized spacial score (nSPS) is 23.4. The molecule has 1 aliphatic heterocycles. The molecule has 94 valence electrons. The molecule has 0 unspecified atom stereocenters. The molecule has 0 amide bonds. The Kier molecular flexibility index (Phi) is 4.34. The molecule has 1 saturated heterocycles. The molecule has 0 aromatic rings. The Morgan fingerprint density at radius 1 is 1.24 bits per heavy atom. The van der Waals surface area contributed by atoms with Crippen molar-refractivity contribution in [1.29, 1.82) is 0 Å². The third-order valence-corrected chi connectivity index (χ3v) is 3.24. The van der Waals surface area contributed by atoms with E-state index in [0.29, 0.717) is 6.54 Å². The number of rotatable bonds is 4. The van der Waals surface area contributed by atoms with Crippen LogP contribution in [-0.4, -0.2) is 30.5 Å². The second-order valence-corrected chi connectivity index (χ2v) is 5.14. The molecule has 0 N–H and O–H groups in total. The molecule has 0 atom stereocenters. The summed E-state index contributed by atoms with van der Waals surface area (Å²) in [5.74, 6) is 0. The van der Waals surface area contributed by atoms with Gasteiger partial charge in [-0.2, -0.15) is 0 Å². The Labute approximate surface area is 105 Å². The zero-order valence-corrected chi connectivity index (χ0v) is 11.5. The topological polar surface area (TPSA) is 30.8 Å². The minimum Gasteiger partial charge on any atom is -0.398 e. The van der Waals surface area contributed by atoms with Crippen LogP contribution in [0.2, 0.25) is 0 Å². The van der Waals surface area contributed by atoms with E-state index in [1.165, 1.54) is 0 Å². The van der Waals surface area contributed by atoms with Crippen molar-refractivity contribution >= 4 is 12.7 Å². The molecular weight excluding hydrogens is 213 g/mol. The standard InChI is InChI=1S/C13H22BNO2/c1-7-9-11(15-10-8-2)14-16-12(3,4)13(5,6)17-14/h7-9H,2,10H2,1,3-6H3/b9-7-,15-11?. The molecule has 4 heteroatoms. The first-order valence-electron chi connectivity index (χ1n) is 5.97. The van der Waals surface area contributed by atoms with Crippen LogP contribution in [0.4, 0.5) is 0 Å².